The highest BCUT2D eigenvalue weighted by Crippen LogP contribution is 2.37. The first-order chi connectivity index (χ1) is 8.55. The van der Waals surface area contributed by atoms with Gasteiger partial charge in [-0.2, -0.15) is 26.3 Å². The van der Waals surface area contributed by atoms with Gasteiger partial charge in [-0.15, -0.1) is 0 Å². The van der Waals surface area contributed by atoms with Crippen LogP contribution in [0.5, 0.6) is 0 Å². The molecule has 108 valence electrons. The number of alkyl halides is 6. The molecule has 0 aliphatic rings. The number of aliphatic hydroxyl groups excluding tert-OH is 1. The summed E-state index contributed by atoms with van der Waals surface area (Å²) in [5.41, 5.74) is -3.43. The topological polar surface area (TPSA) is 29.5 Å². The number of methoxy groups -OCH3 is 1. The van der Waals surface area contributed by atoms with E-state index in [2.05, 4.69) is 4.74 Å². The maximum atomic E-state index is 12.5. The molecule has 1 aromatic carbocycles. The second kappa shape index (κ2) is 5.38. The fourth-order valence-corrected chi connectivity index (χ4v) is 1.43. The van der Waals surface area contributed by atoms with E-state index in [0.717, 1.165) is 0 Å². The highest BCUT2D eigenvalue weighted by molar-refractivity contribution is 5.34. The molecule has 0 radical (unpaired) electrons. The number of aliphatic hydroxyl groups is 1. The van der Waals surface area contributed by atoms with E-state index >= 15 is 0 Å². The molecule has 1 rings (SSSR count). The van der Waals surface area contributed by atoms with E-state index in [1.807, 2.05) is 0 Å². The minimum atomic E-state index is -4.93. The van der Waals surface area contributed by atoms with Crippen LogP contribution in [0.15, 0.2) is 18.2 Å². The smallest absolute Gasteiger partial charge is 0.386 e. The first kappa shape index (κ1) is 15.8. The molecule has 1 N–H and O–H groups in total. The van der Waals surface area contributed by atoms with Crippen molar-refractivity contribution < 1.29 is 36.2 Å². The van der Waals surface area contributed by atoms with E-state index in [9.17, 15) is 31.4 Å². The Morgan fingerprint density at radius 1 is 1.00 bits per heavy atom. The van der Waals surface area contributed by atoms with Crippen molar-refractivity contribution in [1.29, 1.82) is 0 Å². The average Bonchev–Trinajstić information content (AvgIpc) is 2.26. The highest BCUT2D eigenvalue weighted by atomic mass is 19.4. The summed E-state index contributed by atoms with van der Waals surface area (Å²) in [6.45, 7) is -0.404. The maximum Gasteiger partial charge on any atom is 0.416 e. The predicted octanol–water partition coefficient (Wildman–Crippen LogP) is 3.40. The largest absolute Gasteiger partial charge is 0.416 e. The Bertz CT molecular complexity index is 406. The molecule has 0 fully saturated rings. The third kappa shape index (κ3) is 4.10. The van der Waals surface area contributed by atoms with E-state index in [-0.39, 0.29) is 6.07 Å². The molecule has 0 saturated carbocycles. The molecule has 8 heteroatoms. The van der Waals surface area contributed by atoms with Gasteiger partial charge >= 0.3 is 12.4 Å². The summed E-state index contributed by atoms with van der Waals surface area (Å²) < 4.78 is 79.5. The molecule has 1 aromatic rings. The summed E-state index contributed by atoms with van der Waals surface area (Å²) in [5.74, 6) is 0. The van der Waals surface area contributed by atoms with Gasteiger partial charge < -0.3 is 9.84 Å². The van der Waals surface area contributed by atoms with Crippen molar-refractivity contribution >= 4 is 0 Å². The summed E-state index contributed by atoms with van der Waals surface area (Å²) in [4.78, 5) is 0. The Morgan fingerprint density at radius 2 is 1.42 bits per heavy atom. The van der Waals surface area contributed by atoms with E-state index in [4.69, 9.17) is 0 Å². The Kier molecular flexibility index (Phi) is 4.46. The number of rotatable bonds is 3. The summed E-state index contributed by atoms with van der Waals surface area (Å²) in [5, 5.41) is 9.44. The number of hydrogen-bond acceptors (Lipinski definition) is 2. The summed E-state index contributed by atoms with van der Waals surface area (Å²) in [6.07, 6.45) is -11.4. The Balaban J connectivity index is 3.33. The normalized spacial score (nSPS) is 14.5. The first-order valence-electron chi connectivity index (χ1n) is 5.02. The van der Waals surface area contributed by atoms with Gasteiger partial charge in [-0.3, -0.25) is 0 Å². The van der Waals surface area contributed by atoms with Crippen molar-refractivity contribution in [2.24, 2.45) is 0 Å². The Labute approximate surface area is 104 Å². The Morgan fingerprint density at radius 3 is 1.74 bits per heavy atom. The van der Waals surface area contributed by atoms with E-state index in [1.165, 1.54) is 7.11 Å². The quantitative estimate of drug-likeness (QED) is 0.864. The van der Waals surface area contributed by atoms with Crippen molar-refractivity contribution in [2.75, 3.05) is 13.7 Å². The van der Waals surface area contributed by atoms with Gasteiger partial charge in [0.2, 0.25) is 0 Å². The molecule has 0 heterocycles. The van der Waals surface area contributed by atoms with Crippen LogP contribution in [0.1, 0.15) is 22.8 Å². The first-order valence-corrected chi connectivity index (χ1v) is 5.02. The van der Waals surface area contributed by atoms with Gasteiger partial charge in [0.15, 0.2) is 0 Å². The summed E-state index contributed by atoms with van der Waals surface area (Å²) in [7, 11) is 1.17. The Hall–Kier alpha value is -1.28. The van der Waals surface area contributed by atoms with E-state index in [1.54, 1.807) is 0 Å². The predicted molar refractivity (Wildman–Crippen MR) is 53.3 cm³/mol. The molecule has 0 aromatic heterocycles. The summed E-state index contributed by atoms with van der Waals surface area (Å²) in [6, 6.07) is 0.945. The molecular weight excluding hydrogens is 278 g/mol. The van der Waals surface area contributed by atoms with Crippen molar-refractivity contribution in [2.45, 2.75) is 18.5 Å². The standard InChI is InChI=1S/C11H10F6O2/c1-19-5-9(18)6-2-7(10(12,13)14)4-8(3-6)11(15,16)17/h2-4,9,18H,5H2,1H3. The number of hydrogen-bond donors (Lipinski definition) is 1. The lowest BCUT2D eigenvalue weighted by Crippen LogP contribution is -2.14. The second-order valence-electron chi connectivity index (χ2n) is 3.81. The fraction of sp³-hybridized carbons (Fsp3) is 0.455. The SMILES string of the molecule is COCC(O)c1cc(C(F)(F)F)cc(C(F)(F)F)c1. The third-order valence-electron chi connectivity index (χ3n) is 2.32. The van der Waals surface area contributed by atoms with Crippen LogP contribution < -0.4 is 0 Å². The fourth-order valence-electron chi connectivity index (χ4n) is 1.43. The van der Waals surface area contributed by atoms with Gasteiger partial charge in [-0.1, -0.05) is 0 Å². The number of ether oxygens (including phenoxy) is 1. The summed E-state index contributed by atoms with van der Waals surface area (Å²) >= 11 is 0. The lowest BCUT2D eigenvalue weighted by atomic mass is 10.0. The molecule has 0 spiro atoms. The van der Waals surface area contributed by atoms with Gasteiger partial charge in [0.1, 0.15) is 6.10 Å². The number of benzene rings is 1. The number of halogens is 6. The van der Waals surface area contributed by atoms with Crippen LogP contribution in [0.3, 0.4) is 0 Å². The third-order valence-corrected chi connectivity index (χ3v) is 2.32. The van der Waals surface area contributed by atoms with Crippen LogP contribution >= 0.6 is 0 Å². The average molecular weight is 288 g/mol. The van der Waals surface area contributed by atoms with Crippen LogP contribution in [0.2, 0.25) is 0 Å². The van der Waals surface area contributed by atoms with E-state index in [0.29, 0.717) is 12.1 Å². The van der Waals surface area contributed by atoms with Crippen LogP contribution in [0, 0.1) is 0 Å². The monoisotopic (exact) mass is 288 g/mol. The second-order valence-corrected chi connectivity index (χ2v) is 3.81. The zero-order valence-corrected chi connectivity index (χ0v) is 9.64. The molecule has 19 heavy (non-hydrogen) atoms. The van der Waals surface area contributed by atoms with Crippen molar-refractivity contribution in [3.8, 4) is 0 Å². The molecule has 0 saturated heterocycles. The zero-order valence-electron chi connectivity index (χ0n) is 9.64. The lowest BCUT2D eigenvalue weighted by Gasteiger charge is -2.16. The van der Waals surface area contributed by atoms with Crippen LogP contribution in [-0.4, -0.2) is 18.8 Å². The minimum Gasteiger partial charge on any atom is -0.386 e. The highest BCUT2D eigenvalue weighted by Gasteiger charge is 2.37. The molecule has 0 aliphatic carbocycles. The molecule has 1 unspecified atom stereocenters. The minimum absolute atomic E-state index is 0.00300. The van der Waals surface area contributed by atoms with Crippen molar-refractivity contribution in [3.05, 3.63) is 34.9 Å². The van der Waals surface area contributed by atoms with Crippen molar-refractivity contribution in [1.82, 2.24) is 0 Å². The molecule has 0 bridgehead atoms. The van der Waals surface area contributed by atoms with Crippen molar-refractivity contribution in [3.63, 3.8) is 0 Å². The van der Waals surface area contributed by atoms with Gasteiger partial charge in [0.25, 0.3) is 0 Å². The van der Waals surface area contributed by atoms with Gasteiger partial charge in [0.05, 0.1) is 17.7 Å². The van der Waals surface area contributed by atoms with Gasteiger partial charge in [-0.25, -0.2) is 0 Å². The lowest BCUT2D eigenvalue weighted by molar-refractivity contribution is -0.143. The van der Waals surface area contributed by atoms with E-state index < -0.39 is 41.8 Å². The van der Waals surface area contributed by atoms with Gasteiger partial charge in [-0.05, 0) is 23.8 Å². The molecule has 0 amide bonds. The molecule has 2 nitrogen and oxygen atoms in total. The zero-order chi connectivity index (χ0) is 14.8. The van der Waals surface area contributed by atoms with Gasteiger partial charge in [0, 0.05) is 7.11 Å². The van der Waals surface area contributed by atoms with Crippen LogP contribution in [0.25, 0.3) is 0 Å². The molecular formula is C11H10F6O2. The van der Waals surface area contributed by atoms with Crippen LogP contribution in [0.4, 0.5) is 26.3 Å². The van der Waals surface area contributed by atoms with Crippen LogP contribution in [-0.2, 0) is 17.1 Å². The molecule has 0 aliphatic heterocycles. The maximum absolute atomic E-state index is 12.5. The molecule has 1 atom stereocenters.